The van der Waals surface area contributed by atoms with Gasteiger partial charge in [0.05, 0.1) is 18.8 Å². The van der Waals surface area contributed by atoms with Gasteiger partial charge in [0.2, 0.25) is 0 Å². The van der Waals surface area contributed by atoms with Crippen LogP contribution < -0.4 is 0 Å². The molecule has 88 valence electrons. The minimum atomic E-state index is -0.172. The first-order chi connectivity index (χ1) is 7.31. The molecule has 15 heavy (non-hydrogen) atoms. The number of piperidine rings is 1. The molecule has 0 spiro atoms. The zero-order valence-electron chi connectivity index (χ0n) is 9.69. The van der Waals surface area contributed by atoms with E-state index in [1.54, 1.807) is 0 Å². The molecule has 3 nitrogen and oxygen atoms in total. The number of hydrogen-bond acceptors (Lipinski definition) is 3. The van der Waals surface area contributed by atoms with Crippen molar-refractivity contribution in [3.8, 4) is 0 Å². The van der Waals surface area contributed by atoms with Gasteiger partial charge in [-0.3, -0.25) is 4.90 Å². The molecule has 3 atom stereocenters. The van der Waals surface area contributed by atoms with Crippen molar-refractivity contribution >= 4 is 0 Å². The van der Waals surface area contributed by atoms with E-state index in [1.807, 2.05) is 0 Å². The van der Waals surface area contributed by atoms with Crippen LogP contribution in [0.1, 0.15) is 32.6 Å². The summed E-state index contributed by atoms with van der Waals surface area (Å²) in [5.41, 5.74) is 0. The van der Waals surface area contributed by atoms with Crippen LogP contribution in [0.4, 0.5) is 0 Å². The zero-order chi connectivity index (χ0) is 10.7. The SMILES string of the molecule is CCC1CCCN(C2COCCC2O)C1. The summed E-state index contributed by atoms with van der Waals surface area (Å²) < 4.78 is 5.47. The van der Waals surface area contributed by atoms with Gasteiger partial charge in [0.25, 0.3) is 0 Å². The number of aliphatic hydroxyl groups is 1. The molecule has 2 heterocycles. The smallest absolute Gasteiger partial charge is 0.0739 e. The quantitative estimate of drug-likeness (QED) is 0.749. The van der Waals surface area contributed by atoms with Gasteiger partial charge in [0.1, 0.15) is 0 Å². The maximum Gasteiger partial charge on any atom is 0.0739 e. The minimum Gasteiger partial charge on any atom is -0.391 e. The Kier molecular flexibility index (Phi) is 4.00. The maximum atomic E-state index is 9.96. The third-order valence-electron chi connectivity index (χ3n) is 3.89. The van der Waals surface area contributed by atoms with Crippen LogP contribution >= 0.6 is 0 Å². The van der Waals surface area contributed by atoms with Crippen LogP contribution in [0.15, 0.2) is 0 Å². The zero-order valence-corrected chi connectivity index (χ0v) is 9.69. The van der Waals surface area contributed by atoms with Gasteiger partial charge in [-0.2, -0.15) is 0 Å². The Bertz CT molecular complexity index is 198. The fourth-order valence-corrected chi connectivity index (χ4v) is 2.79. The van der Waals surface area contributed by atoms with Crippen molar-refractivity contribution in [2.24, 2.45) is 5.92 Å². The van der Waals surface area contributed by atoms with Crippen molar-refractivity contribution in [1.29, 1.82) is 0 Å². The van der Waals surface area contributed by atoms with Crippen LogP contribution in [0.2, 0.25) is 0 Å². The number of ether oxygens (including phenoxy) is 1. The second-order valence-electron chi connectivity index (χ2n) is 4.91. The highest BCUT2D eigenvalue weighted by Crippen LogP contribution is 2.24. The van der Waals surface area contributed by atoms with Gasteiger partial charge in [-0.1, -0.05) is 13.3 Å². The van der Waals surface area contributed by atoms with E-state index in [9.17, 15) is 5.11 Å². The Morgan fingerprint density at radius 3 is 3.00 bits per heavy atom. The van der Waals surface area contributed by atoms with Crippen molar-refractivity contribution in [3.63, 3.8) is 0 Å². The lowest BCUT2D eigenvalue weighted by atomic mass is 9.93. The standard InChI is InChI=1S/C12H23NO2/c1-2-10-4-3-6-13(8-10)11-9-15-7-5-12(11)14/h10-12,14H,2-9H2,1H3. The third-order valence-corrected chi connectivity index (χ3v) is 3.89. The number of rotatable bonds is 2. The largest absolute Gasteiger partial charge is 0.391 e. The molecule has 0 radical (unpaired) electrons. The maximum absolute atomic E-state index is 9.96. The summed E-state index contributed by atoms with van der Waals surface area (Å²) >= 11 is 0. The van der Waals surface area contributed by atoms with Crippen molar-refractivity contribution < 1.29 is 9.84 Å². The molecular weight excluding hydrogens is 190 g/mol. The van der Waals surface area contributed by atoms with Gasteiger partial charge in [0, 0.05) is 13.2 Å². The lowest BCUT2D eigenvalue weighted by Crippen LogP contribution is -2.52. The minimum absolute atomic E-state index is 0.172. The van der Waals surface area contributed by atoms with E-state index in [0.29, 0.717) is 0 Å². The molecule has 0 bridgehead atoms. The van der Waals surface area contributed by atoms with Gasteiger partial charge in [-0.25, -0.2) is 0 Å². The van der Waals surface area contributed by atoms with Gasteiger partial charge >= 0.3 is 0 Å². The van der Waals surface area contributed by atoms with E-state index in [4.69, 9.17) is 4.74 Å². The van der Waals surface area contributed by atoms with Crippen LogP contribution in [0.5, 0.6) is 0 Å². The lowest BCUT2D eigenvalue weighted by Gasteiger charge is -2.41. The average molecular weight is 213 g/mol. The molecule has 2 rings (SSSR count). The Morgan fingerprint density at radius 2 is 2.27 bits per heavy atom. The summed E-state index contributed by atoms with van der Waals surface area (Å²) in [4.78, 5) is 2.45. The number of hydrogen-bond donors (Lipinski definition) is 1. The Labute approximate surface area is 92.4 Å². The highest BCUT2D eigenvalue weighted by Gasteiger charge is 2.32. The van der Waals surface area contributed by atoms with Crippen LogP contribution in [0.25, 0.3) is 0 Å². The van der Waals surface area contributed by atoms with Crippen LogP contribution in [0.3, 0.4) is 0 Å². The monoisotopic (exact) mass is 213 g/mol. The molecule has 0 aromatic heterocycles. The topological polar surface area (TPSA) is 32.7 Å². The van der Waals surface area contributed by atoms with Gasteiger partial charge < -0.3 is 9.84 Å². The summed E-state index contributed by atoms with van der Waals surface area (Å²) in [6.07, 6.45) is 4.53. The Balaban J connectivity index is 1.90. The predicted molar refractivity (Wildman–Crippen MR) is 59.8 cm³/mol. The van der Waals surface area contributed by atoms with Crippen molar-refractivity contribution in [1.82, 2.24) is 4.90 Å². The molecule has 2 aliphatic heterocycles. The Hall–Kier alpha value is -0.120. The highest BCUT2D eigenvalue weighted by atomic mass is 16.5. The normalized spacial score (nSPS) is 39.2. The Morgan fingerprint density at radius 1 is 1.40 bits per heavy atom. The highest BCUT2D eigenvalue weighted by molar-refractivity contribution is 4.85. The van der Waals surface area contributed by atoms with E-state index < -0.39 is 0 Å². The summed E-state index contributed by atoms with van der Waals surface area (Å²) in [6.45, 7) is 6.01. The molecule has 0 aromatic rings. The number of likely N-dealkylation sites (tertiary alicyclic amines) is 1. The first-order valence-electron chi connectivity index (χ1n) is 6.31. The molecule has 0 aliphatic carbocycles. The van der Waals surface area contributed by atoms with E-state index in [0.717, 1.165) is 38.6 Å². The van der Waals surface area contributed by atoms with Crippen molar-refractivity contribution in [3.05, 3.63) is 0 Å². The van der Waals surface area contributed by atoms with E-state index in [2.05, 4.69) is 11.8 Å². The summed E-state index contributed by atoms with van der Waals surface area (Å²) in [5, 5.41) is 9.96. The molecular formula is C12H23NO2. The molecule has 2 aliphatic rings. The molecule has 3 heteroatoms. The predicted octanol–water partition coefficient (Wildman–Crippen LogP) is 1.26. The van der Waals surface area contributed by atoms with Gasteiger partial charge in [-0.15, -0.1) is 0 Å². The molecule has 2 fully saturated rings. The van der Waals surface area contributed by atoms with E-state index in [-0.39, 0.29) is 12.1 Å². The number of aliphatic hydroxyl groups excluding tert-OH is 1. The summed E-state index contributed by atoms with van der Waals surface area (Å²) in [6, 6.07) is 0.257. The lowest BCUT2D eigenvalue weighted by molar-refractivity contribution is -0.0711. The first-order valence-corrected chi connectivity index (χ1v) is 6.31. The summed E-state index contributed by atoms with van der Waals surface area (Å²) in [5.74, 6) is 0.827. The van der Waals surface area contributed by atoms with E-state index >= 15 is 0 Å². The van der Waals surface area contributed by atoms with Crippen molar-refractivity contribution in [2.45, 2.75) is 44.8 Å². The number of nitrogens with zero attached hydrogens (tertiary/aromatic N) is 1. The average Bonchev–Trinajstić information content (AvgIpc) is 2.30. The first kappa shape index (κ1) is 11.4. The molecule has 2 saturated heterocycles. The fourth-order valence-electron chi connectivity index (χ4n) is 2.79. The van der Waals surface area contributed by atoms with Gasteiger partial charge in [0.15, 0.2) is 0 Å². The summed E-state index contributed by atoms with van der Waals surface area (Å²) in [7, 11) is 0. The molecule has 1 N–H and O–H groups in total. The molecule has 0 saturated carbocycles. The van der Waals surface area contributed by atoms with Gasteiger partial charge in [-0.05, 0) is 31.7 Å². The van der Waals surface area contributed by atoms with Crippen LogP contribution in [0, 0.1) is 5.92 Å². The van der Waals surface area contributed by atoms with Crippen LogP contribution in [-0.4, -0.2) is 48.5 Å². The second kappa shape index (κ2) is 5.28. The van der Waals surface area contributed by atoms with Crippen LogP contribution in [-0.2, 0) is 4.74 Å². The van der Waals surface area contributed by atoms with Crippen molar-refractivity contribution in [2.75, 3.05) is 26.3 Å². The third kappa shape index (κ3) is 2.71. The fraction of sp³-hybridized carbons (Fsp3) is 1.00. The molecule has 0 aromatic carbocycles. The molecule has 3 unspecified atom stereocenters. The van der Waals surface area contributed by atoms with E-state index in [1.165, 1.54) is 19.3 Å². The second-order valence-corrected chi connectivity index (χ2v) is 4.91. The molecule has 0 amide bonds.